The second-order valence-corrected chi connectivity index (χ2v) is 13.3. The minimum Gasteiger partial charge on any atom is -0.338 e. The summed E-state index contributed by atoms with van der Waals surface area (Å²) >= 11 is 0. The first-order valence-electron chi connectivity index (χ1n) is 16.4. The molecule has 1 N–H and O–H groups in total. The number of nitrogens with zero attached hydrogens (tertiary/aromatic N) is 7. The molecule has 3 aromatic rings. The maximum atomic E-state index is 14.6. The number of carbonyl (C=O) groups excluding carboxylic acids is 1. The van der Waals surface area contributed by atoms with Crippen molar-refractivity contribution in [3.05, 3.63) is 46.9 Å². The third-order valence-electron chi connectivity index (χ3n) is 10.3. The highest BCUT2D eigenvalue weighted by Crippen LogP contribution is 2.45. The van der Waals surface area contributed by atoms with E-state index in [1.807, 2.05) is 9.80 Å². The summed E-state index contributed by atoms with van der Waals surface area (Å²) in [4.78, 5) is 18.9. The van der Waals surface area contributed by atoms with E-state index in [4.69, 9.17) is 5.10 Å². The van der Waals surface area contributed by atoms with E-state index in [2.05, 4.69) is 20.0 Å². The first kappa shape index (κ1) is 30.3. The van der Waals surface area contributed by atoms with Gasteiger partial charge in [-0.15, -0.1) is 0 Å². The molecule has 0 aliphatic carbocycles. The smallest absolute Gasteiger partial charge is 0.338 e. The van der Waals surface area contributed by atoms with Crippen molar-refractivity contribution >= 4 is 17.4 Å². The first-order chi connectivity index (χ1) is 21.7. The fourth-order valence-corrected chi connectivity index (χ4v) is 7.88. The van der Waals surface area contributed by atoms with Gasteiger partial charge in [0.2, 0.25) is 5.91 Å². The molecule has 2 fully saturated rings. The van der Waals surface area contributed by atoms with Crippen LogP contribution in [0, 0.1) is 5.92 Å². The Bertz CT molecular complexity index is 1550. The molecule has 2 aromatic heterocycles. The van der Waals surface area contributed by atoms with Gasteiger partial charge in [-0.3, -0.25) is 14.2 Å². The van der Waals surface area contributed by atoms with Crippen LogP contribution in [0.5, 0.6) is 0 Å². The number of likely N-dealkylation sites (tertiary alicyclic amines) is 1. The molecular weight excluding hydrogens is 581 g/mol. The van der Waals surface area contributed by atoms with Gasteiger partial charge in [0.05, 0.1) is 24.3 Å². The lowest BCUT2D eigenvalue weighted by atomic mass is 9.92. The maximum Gasteiger partial charge on any atom is 0.417 e. The van der Waals surface area contributed by atoms with Gasteiger partial charge >= 0.3 is 6.18 Å². The number of rotatable bonds is 5. The minimum absolute atomic E-state index is 0.00471. The highest BCUT2D eigenvalue weighted by atomic mass is 19.4. The number of aryl methyl sites for hydroxylation is 2. The summed E-state index contributed by atoms with van der Waals surface area (Å²) in [5.41, 5.74) is 3.49. The van der Waals surface area contributed by atoms with Crippen molar-refractivity contribution in [2.75, 3.05) is 50.7 Å². The van der Waals surface area contributed by atoms with E-state index >= 15 is 0 Å². The molecular formula is C33H43F3N8O. The Kier molecular flexibility index (Phi) is 8.14. The first-order valence-corrected chi connectivity index (χ1v) is 16.4. The van der Waals surface area contributed by atoms with E-state index in [0.717, 1.165) is 74.7 Å². The summed E-state index contributed by atoms with van der Waals surface area (Å²) < 4.78 is 47.4. The quantitative estimate of drug-likeness (QED) is 0.434. The number of alkyl halides is 3. The Morgan fingerprint density at radius 3 is 2.51 bits per heavy atom. The number of hydrogen-bond acceptors (Lipinski definition) is 6. The van der Waals surface area contributed by atoms with E-state index < -0.39 is 11.7 Å². The van der Waals surface area contributed by atoms with Gasteiger partial charge < -0.3 is 20.0 Å². The van der Waals surface area contributed by atoms with E-state index in [0.29, 0.717) is 49.5 Å². The lowest BCUT2D eigenvalue weighted by molar-refractivity contribution is -0.137. The van der Waals surface area contributed by atoms with Crippen molar-refractivity contribution in [1.82, 2.24) is 34.7 Å². The minimum atomic E-state index is -4.53. The number of hydrogen-bond donors (Lipinski definition) is 1. The third kappa shape index (κ3) is 5.98. The molecule has 4 aliphatic heterocycles. The summed E-state index contributed by atoms with van der Waals surface area (Å²) in [6.45, 7) is 8.63. The lowest BCUT2D eigenvalue weighted by Gasteiger charge is -2.36. The fraction of sp³-hybridized carbons (Fsp3) is 0.606. The van der Waals surface area contributed by atoms with Crippen LogP contribution in [0.4, 0.5) is 24.7 Å². The number of fused-ring (bicyclic) bond motifs is 2. The van der Waals surface area contributed by atoms with Crippen LogP contribution in [0.1, 0.15) is 67.5 Å². The molecule has 1 amide bonds. The van der Waals surface area contributed by atoms with Crippen LogP contribution in [0.25, 0.3) is 11.1 Å². The molecule has 2 saturated heterocycles. The largest absolute Gasteiger partial charge is 0.417 e. The Labute approximate surface area is 262 Å². The average molecular weight is 625 g/mol. The van der Waals surface area contributed by atoms with Crippen LogP contribution < -0.4 is 10.2 Å². The standard InChI is InChI=1S/C33H43F3N8O/c1-22(45)42-15-9-30-28(21-42)32(39-44(30)26-7-13-41(14-8-26)19-23-5-10-37-11-6-23)43-12-3-4-24-16-27(25-18-38-40(2)20-25)29(17-31(24)43)33(34,35)36/h16-18,20,23,26,37H,3-15,19,21H2,1-2H3. The Balaban J connectivity index is 1.23. The number of piperidine rings is 2. The number of halogens is 3. The van der Waals surface area contributed by atoms with Crippen molar-refractivity contribution < 1.29 is 18.0 Å². The van der Waals surface area contributed by atoms with Crippen LogP contribution >= 0.6 is 0 Å². The number of carbonyl (C=O) groups is 1. The predicted octanol–water partition coefficient (Wildman–Crippen LogP) is 4.93. The summed E-state index contributed by atoms with van der Waals surface area (Å²) in [5, 5.41) is 12.8. The number of anilines is 2. The van der Waals surface area contributed by atoms with Crippen LogP contribution in [-0.2, 0) is 37.4 Å². The number of aromatic nitrogens is 4. The molecule has 0 spiro atoms. The molecule has 0 atom stereocenters. The molecule has 12 heteroatoms. The fourth-order valence-electron chi connectivity index (χ4n) is 7.88. The molecule has 4 aliphatic rings. The van der Waals surface area contributed by atoms with E-state index in [1.165, 1.54) is 29.8 Å². The third-order valence-corrected chi connectivity index (χ3v) is 10.3. The molecule has 242 valence electrons. The molecule has 0 unspecified atom stereocenters. The summed E-state index contributed by atoms with van der Waals surface area (Å²) in [7, 11) is 1.71. The molecule has 9 nitrogen and oxygen atoms in total. The summed E-state index contributed by atoms with van der Waals surface area (Å²) in [6, 6.07) is 3.25. The molecule has 0 saturated carbocycles. The van der Waals surface area contributed by atoms with Crippen molar-refractivity contribution in [1.29, 1.82) is 0 Å². The monoisotopic (exact) mass is 624 g/mol. The number of amides is 1. The molecule has 1 aromatic carbocycles. The topological polar surface area (TPSA) is 74.5 Å². The van der Waals surface area contributed by atoms with Gasteiger partial charge in [0.15, 0.2) is 5.82 Å². The Hall–Kier alpha value is -3.38. The predicted molar refractivity (Wildman–Crippen MR) is 166 cm³/mol. The zero-order valence-corrected chi connectivity index (χ0v) is 26.2. The van der Waals surface area contributed by atoms with Crippen molar-refractivity contribution in [3.63, 3.8) is 0 Å². The van der Waals surface area contributed by atoms with E-state index in [-0.39, 0.29) is 17.5 Å². The Morgan fingerprint density at radius 2 is 1.82 bits per heavy atom. The van der Waals surface area contributed by atoms with Crippen LogP contribution in [-0.4, -0.2) is 81.1 Å². The number of nitrogens with one attached hydrogen (secondary N) is 1. The van der Waals surface area contributed by atoms with Crippen LogP contribution in [0.15, 0.2) is 24.5 Å². The van der Waals surface area contributed by atoms with Crippen molar-refractivity contribution in [3.8, 4) is 11.1 Å². The summed E-state index contributed by atoms with van der Waals surface area (Å²) in [6.07, 6.45) is 5.25. The van der Waals surface area contributed by atoms with Gasteiger partial charge in [-0.25, -0.2) is 0 Å². The van der Waals surface area contributed by atoms with Crippen molar-refractivity contribution in [2.24, 2.45) is 13.0 Å². The number of benzene rings is 1. The second kappa shape index (κ2) is 12.1. The van der Waals surface area contributed by atoms with Gasteiger partial charge in [0, 0.05) is 81.8 Å². The molecule has 6 heterocycles. The summed E-state index contributed by atoms with van der Waals surface area (Å²) in [5.74, 6) is 1.46. The lowest BCUT2D eigenvalue weighted by Crippen LogP contribution is -2.41. The highest BCUT2D eigenvalue weighted by molar-refractivity contribution is 5.78. The molecule has 7 rings (SSSR count). The Morgan fingerprint density at radius 1 is 1.04 bits per heavy atom. The van der Waals surface area contributed by atoms with E-state index in [9.17, 15) is 18.0 Å². The van der Waals surface area contributed by atoms with Gasteiger partial charge in [-0.2, -0.15) is 23.4 Å². The molecule has 45 heavy (non-hydrogen) atoms. The van der Waals surface area contributed by atoms with Crippen molar-refractivity contribution in [2.45, 2.75) is 70.6 Å². The van der Waals surface area contributed by atoms with Gasteiger partial charge in [0.1, 0.15) is 0 Å². The maximum absolute atomic E-state index is 14.6. The zero-order valence-electron chi connectivity index (χ0n) is 26.2. The molecule has 0 radical (unpaired) electrons. The SMILES string of the molecule is CC(=O)N1CCc2c(c(N3CCCc4cc(-c5cnn(C)c5)c(C(F)(F)F)cc43)nn2C2CCN(CC3CCNCC3)CC2)C1. The highest BCUT2D eigenvalue weighted by Gasteiger charge is 2.38. The second-order valence-electron chi connectivity index (χ2n) is 13.3. The van der Waals surface area contributed by atoms with Gasteiger partial charge in [0.25, 0.3) is 0 Å². The van der Waals surface area contributed by atoms with Gasteiger partial charge in [-0.05, 0) is 80.8 Å². The van der Waals surface area contributed by atoms with Crippen LogP contribution in [0.2, 0.25) is 0 Å². The van der Waals surface area contributed by atoms with Crippen LogP contribution in [0.3, 0.4) is 0 Å². The van der Waals surface area contributed by atoms with Gasteiger partial charge in [-0.1, -0.05) is 0 Å². The zero-order chi connectivity index (χ0) is 31.3. The molecule has 0 bridgehead atoms. The normalized spacial score (nSPS) is 20.4. The average Bonchev–Trinajstić information content (AvgIpc) is 3.64. The van der Waals surface area contributed by atoms with E-state index in [1.54, 1.807) is 26.2 Å².